The fourth-order valence-corrected chi connectivity index (χ4v) is 3.47. The first-order valence-electron chi connectivity index (χ1n) is 7.45. The maximum absolute atomic E-state index is 11.4. The van der Waals surface area contributed by atoms with Crippen molar-refractivity contribution in [2.45, 2.75) is 50.4 Å². The van der Waals surface area contributed by atoms with Crippen molar-refractivity contribution in [1.82, 2.24) is 14.8 Å². The molecule has 1 heterocycles. The van der Waals surface area contributed by atoms with Crippen molar-refractivity contribution >= 4 is 5.97 Å². The molecule has 20 heavy (non-hydrogen) atoms. The molecule has 1 aromatic rings. The SMILES string of the molecule is Cn1nc(C2CCCC2)nc1C1CC=CCC1C(=O)O. The summed E-state index contributed by atoms with van der Waals surface area (Å²) in [7, 11) is 1.89. The van der Waals surface area contributed by atoms with E-state index in [1.807, 2.05) is 13.1 Å². The lowest BCUT2D eigenvalue weighted by atomic mass is 9.82. The van der Waals surface area contributed by atoms with Crippen LogP contribution < -0.4 is 0 Å². The Bertz CT molecular complexity index is 529. The molecule has 1 saturated carbocycles. The van der Waals surface area contributed by atoms with Crippen LogP contribution in [0, 0.1) is 5.92 Å². The van der Waals surface area contributed by atoms with Crippen molar-refractivity contribution < 1.29 is 9.90 Å². The Labute approximate surface area is 118 Å². The average Bonchev–Trinajstić information content (AvgIpc) is 3.07. The first-order valence-corrected chi connectivity index (χ1v) is 7.45. The quantitative estimate of drug-likeness (QED) is 0.861. The predicted octanol–water partition coefficient (Wildman–Crippen LogP) is 2.61. The van der Waals surface area contributed by atoms with Gasteiger partial charge in [-0.3, -0.25) is 9.48 Å². The highest BCUT2D eigenvalue weighted by molar-refractivity contribution is 5.71. The molecule has 0 spiro atoms. The third-order valence-corrected chi connectivity index (χ3v) is 4.61. The summed E-state index contributed by atoms with van der Waals surface area (Å²) < 4.78 is 1.80. The van der Waals surface area contributed by atoms with Gasteiger partial charge in [0.1, 0.15) is 5.82 Å². The van der Waals surface area contributed by atoms with Gasteiger partial charge in [-0.25, -0.2) is 4.98 Å². The number of aliphatic carboxylic acids is 1. The van der Waals surface area contributed by atoms with Gasteiger partial charge in [-0.2, -0.15) is 5.10 Å². The molecule has 108 valence electrons. The average molecular weight is 275 g/mol. The molecule has 0 amide bonds. The van der Waals surface area contributed by atoms with Crippen LogP contribution in [0.4, 0.5) is 0 Å². The van der Waals surface area contributed by atoms with Gasteiger partial charge in [-0.15, -0.1) is 0 Å². The number of carboxylic acid groups (broad SMARTS) is 1. The van der Waals surface area contributed by atoms with Crippen molar-refractivity contribution in [2.75, 3.05) is 0 Å². The first-order chi connectivity index (χ1) is 9.66. The maximum atomic E-state index is 11.4. The van der Waals surface area contributed by atoms with Gasteiger partial charge in [0.05, 0.1) is 5.92 Å². The molecular weight excluding hydrogens is 254 g/mol. The minimum absolute atomic E-state index is 0.0508. The molecule has 5 heteroatoms. The molecule has 2 unspecified atom stereocenters. The lowest BCUT2D eigenvalue weighted by Crippen LogP contribution is -2.25. The van der Waals surface area contributed by atoms with Gasteiger partial charge in [-0.1, -0.05) is 25.0 Å². The highest BCUT2D eigenvalue weighted by Crippen LogP contribution is 2.36. The molecule has 2 aliphatic carbocycles. The number of hydrogen-bond acceptors (Lipinski definition) is 3. The molecule has 0 bridgehead atoms. The van der Waals surface area contributed by atoms with Crippen LogP contribution in [0.1, 0.15) is 62.0 Å². The lowest BCUT2D eigenvalue weighted by molar-refractivity contribution is -0.142. The van der Waals surface area contributed by atoms with E-state index in [-0.39, 0.29) is 11.8 Å². The Hall–Kier alpha value is -1.65. The second-order valence-electron chi connectivity index (χ2n) is 5.93. The summed E-state index contributed by atoms with van der Waals surface area (Å²) in [6, 6.07) is 0. The van der Waals surface area contributed by atoms with Gasteiger partial charge in [0.2, 0.25) is 0 Å². The minimum atomic E-state index is -0.732. The zero-order chi connectivity index (χ0) is 14.1. The summed E-state index contributed by atoms with van der Waals surface area (Å²) in [5.74, 6) is 1.06. The molecule has 0 aliphatic heterocycles. The Kier molecular flexibility index (Phi) is 3.59. The van der Waals surface area contributed by atoms with E-state index < -0.39 is 5.97 Å². The number of allylic oxidation sites excluding steroid dienone is 2. The van der Waals surface area contributed by atoms with Gasteiger partial charge in [0, 0.05) is 18.9 Å². The van der Waals surface area contributed by atoms with E-state index in [4.69, 9.17) is 4.98 Å². The Balaban J connectivity index is 1.88. The van der Waals surface area contributed by atoms with Crippen LogP contribution in [0.3, 0.4) is 0 Å². The second kappa shape index (κ2) is 5.38. The van der Waals surface area contributed by atoms with E-state index in [1.54, 1.807) is 4.68 Å². The number of aromatic nitrogens is 3. The third kappa shape index (κ3) is 2.37. The number of carbonyl (C=O) groups is 1. The van der Waals surface area contributed by atoms with Gasteiger partial charge < -0.3 is 5.11 Å². The molecule has 0 aromatic carbocycles. The van der Waals surface area contributed by atoms with E-state index in [0.29, 0.717) is 12.3 Å². The predicted molar refractivity (Wildman–Crippen MR) is 74.5 cm³/mol. The Morgan fingerprint density at radius 3 is 2.70 bits per heavy atom. The van der Waals surface area contributed by atoms with Crippen LogP contribution in [0.15, 0.2) is 12.2 Å². The molecule has 3 rings (SSSR count). The summed E-state index contributed by atoms with van der Waals surface area (Å²) >= 11 is 0. The van der Waals surface area contributed by atoms with E-state index in [9.17, 15) is 9.90 Å². The summed E-state index contributed by atoms with van der Waals surface area (Å²) in [6.07, 6.45) is 10.2. The number of carboxylic acids is 1. The molecule has 1 fully saturated rings. The summed E-state index contributed by atoms with van der Waals surface area (Å²) in [5, 5.41) is 13.9. The fourth-order valence-electron chi connectivity index (χ4n) is 3.47. The van der Waals surface area contributed by atoms with Crippen LogP contribution in [0.2, 0.25) is 0 Å². The topological polar surface area (TPSA) is 68.0 Å². The molecule has 0 radical (unpaired) electrons. The summed E-state index contributed by atoms with van der Waals surface area (Å²) in [4.78, 5) is 16.1. The first kappa shape index (κ1) is 13.3. The number of nitrogens with zero attached hydrogens (tertiary/aromatic N) is 3. The largest absolute Gasteiger partial charge is 0.481 e. The van der Waals surface area contributed by atoms with Crippen molar-refractivity contribution in [1.29, 1.82) is 0 Å². The minimum Gasteiger partial charge on any atom is -0.481 e. The van der Waals surface area contributed by atoms with Crippen molar-refractivity contribution in [3.8, 4) is 0 Å². The zero-order valence-corrected chi connectivity index (χ0v) is 11.8. The second-order valence-corrected chi connectivity index (χ2v) is 5.93. The highest BCUT2D eigenvalue weighted by Gasteiger charge is 2.34. The van der Waals surface area contributed by atoms with Gasteiger partial charge in [0.25, 0.3) is 0 Å². The van der Waals surface area contributed by atoms with Crippen molar-refractivity contribution in [2.24, 2.45) is 13.0 Å². The standard InChI is InChI=1S/C15H21N3O2/c1-18-14(11-8-4-5-9-12(11)15(19)20)16-13(17-18)10-6-2-3-7-10/h4-5,10-12H,2-3,6-9H2,1H3,(H,19,20). The summed E-state index contributed by atoms with van der Waals surface area (Å²) in [5.41, 5.74) is 0. The zero-order valence-electron chi connectivity index (χ0n) is 11.8. The van der Waals surface area contributed by atoms with Crippen LogP contribution in [-0.4, -0.2) is 25.8 Å². The monoisotopic (exact) mass is 275 g/mol. The van der Waals surface area contributed by atoms with Crippen molar-refractivity contribution in [3.05, 3.63) is 23.8 Å². The molecule has 5 nitrogen and oxygen atoms in total. The molecular formula is C15H21N3O2. The van der Waals surface area contributed by atoms with Crippen molar-refractivity contribution in [3.63, 3.8) is 0 Å². The van der Waals surface area contributed by atoms with Crippen LogP contribution in [0.5, 0.6) is 0 Å². The van der Waals surface area contributed by atoms with Crippen LogP contribution in [-0.2, 0) is 11.8 Å². The normalized spacial score (nSPS) is 27.1. The van der Waals surface area contributed by atoms with Crippen LogP contribution >= 0.6 is 0 Å². The van der Waals surface area contributed by atoms with Gasteiger partial charge >= 0.3 is 5.97 Å². The maximum Gasteiger partial charge on any atom is 0.307 e. The lowest BCUT2D eigenvalue weighted by Gasteiger charge is -2.23. The number of hydrogen-bond donors (Lipinski definition) is 1. The van der Waals surface area contributed by atoms with Gasteiger partial charge in [0.15, 0.2) is 5.82 Å². The molecule has 2 atom stereocenters. The highest BCUT2D eigenvalue weighted by atomic mass is 16.4. The fraction of sp³-hybridized carbons (Fsp3) is 0.667. The number of rotatable bonds is 3. The van der Waals surface area contributed by atoms with E-state index in [1.165, 1.54) is 12.8 Å². The van der Waals surface area contributed by atoms with E-state index in [0.717, 1.165) is 30.9 Å². The molecule has 0 saturated heterocycles. The molecule has 1 N–H and O–H groups in total. The van der Waals surface area contributed by atoms with Gasteiger partial charge in [-0.05, 0) is 25.7 Å². The third-order valence-electron chi connectivity index (χ3n) is 4.61. The van der Waals surface area contributed by atoms with E-state index >= 15 is 0 Å². The molecule has 2 aliphatic rings. The Morgan fingerprint density at radius 2 is 2.00 bits per heavy atom. The van der Waals surface area contributed by atoms with Crippen LogP contribution in [0.25, 0.3) is 0 Å². The molecule has 1 aromatic heterocycles. The Morgan fingerprint density at radius 1 is 1.30 bits per heavy atom. The van der Waals surface area contributed by atoms with E-state index in [2.05, 4.69) is 11.2 Å². The summed E-state index contributed by atoms with van der Waals surface area (Å²) in [6.45, 7) is 0. The number of aryl methyl sites for hydroxylation is 1. The smallest absolute Gasteiger partial charge is 0.307 e.